The Morgan fingerprint density at radius 2 is 2.19 bits per heavy atom. The molecule has 0 saturated carbocycles. The van der Waals surface area contributed by atoms with Gasteiger partial charge < -0.3 is 21.1 Å². The van der Waals surface area contributed by atoms with Crippen LogP contribution < -0.4 is 21.1 Å². The van der Waals surface area contributed by atoms with E-state index in [2.05, 4.69) is 10.6 Å². The van der Waals surface area contributed by atoms with Crippen LogP contribution in [0.5, 0.6) is 5.75 Å². The van der Waals surface area contributed by atoms with Crippen LogP contribution in [-0.2, 0) is 9.59 Å². The highest BCUT2D eigenvalue weighted by Crippen LogP contribution is 2.27. The Morgan fingerprint density at radius 3 is 2.86 bits per heavy atom. The molecule has 4 N–H and O–H groups in total. The van der Waals surface area contributed by atoms with Crippen LogP contribution in [0.15, 0.2) is 24.3 Å². The van der Waals surface area contributed by atoms with Gasteiger partial charge in [0.2, 0.25) is 11.8 Å². The first-order chi connectivity index (χ1) is 10.0. The first-order valence-electron chi connectivity index (χ1n) is 7.08. The van der Waals surface area contributed by atoms with Gasteiger partial charge in [0.15, 0.2) is 0 Å². The smallest absolute Gasteiger partial charge is 0.244 e. The van der Waals surface area contributed by atoms with Crippen molar-refractivity contribution in [2.45, 2.75) is 31.7 Å². The Morgan fingerprint density at radius 1 is 1.43 bits per heavy atom. The second kappa shape index (κ2) is 6.58. The SMILES string of the molecule is CC1(C(=O)Nc2ccccc2OCCC(N)=O)CCCN1. The monoisotopic (exact) mass is 291 g/mol. The number of anilines is 1. The highest BCUT2D eigenvalue weighted by atomic mass is 16.5. The molecular weight excluding hydrogens is 270 g/mol. The van der Waals surface area contributed by atoms with Gasteiger partial charge in [0.05, 0.1) is 24.3 Å². The van der Waals surface area contributed by atoms with Crippen molar-refractivity contribution in [2.24, 2.45) is 5.73 Å². The summed E-state index contributed by atoms with van der Waals surface area (Å²) in [7, 11) is 0. The molecule has 0 spiro atoms. The van der Waals surface area contributed by atoms with E-state index in [-0.39, 0.29) is 18.9 Å². The molecule has 2 rings (SSSR count). The van der Waals surface area contributed by atoms with E-state index in [0.29, 0.717) is 11.4 Å². The number of carbonyl (C=O) groups excluding carboxylic acids is 2. The lowest BCUT2D eigenvalue weighted by Gasteiger charge is -2.23. The van der Waals surface area contributed by atoms with Crippen molar-refractivity contribution < 1.29 is 14.3 Å². The molecule has 1 unspecified atom stereocenters. The molecule has 6 nitrogen and oxygen atoms in total. The minimum atomic E-state index is -0.541. The summed E-state index contributed by atoms with van der Waals surface area (Å²) in [4.78, 5) is 23.1. The minimum Gasteiger partial charge on any atom is -0.491 e. The Bertz CT molecular complexity index is 525. The van der Waals surface area contributed by atoms with E-state index in [9.17, 15) is 9.59 Å². The Hall–Kier alpha value is -2.08. The number of rotatable bonds is 6. The number of primary amides is 1. The molecule has 6 heteroatoms. The fourth-order valence-corrected chi connectivity index (χ4v) is 2.31. The molecule has 0 bridgehead atoms. The largest absolute Gasteiger partial charge is 0.491 e. The zero-order chi connectivity index (χ0) is 15.3. The van der Waals surface area contributed by atoms with Crippen molar-refractivity contribution in [3.05, 3.63) is 24.3 Å². The Kier molecular flexibility index (Phi) is 4.80. The number of benzene rings is 1. The number of carbonyl (C=O) groups is 2. The van der Waals surface area contributed by atoms with Gasteiger partial charge in [-0.25, -0.2) is 0 Å². The summed E-state index contributed by atoms with van der Waals surface area (Å²) in [5.74, 6) is 0.0406. The van der Waals surface area contributed by atoms with E-state index in [1.807, 2.05) is 19.1 Å². The fraction of sp³-hybridized carbons (Fsp3) is 0.467. The van der Waals surface area contributed by atoms with E-state index in [1.54, 1.807) is 12.1 Å². The molecule has 1 atom stereocenters. The van der Waals surface area contributed by atoms with Crippen molar-refractivity contribution in [3.63, 3.8) is 0 Å². The number of para-hydroxylation sites is 2. The predicted octanol–water partition coefficient (Wildman–Crippen LogP) is 1.02. The molecule has 0 radical (unpaired) electrons. The normalized spacial score (nSPS) is 21.0. The van der Waals surface area contributed by atoms with Gasteiger partial charge in [-0.05, 0) is 38.4 Å². The van der Waals surface area contributed by atoms with Crippen LogP contribution in [0.2, 0.25) is 0 Å². The van der Waals surface area contributed by atoms with Gasteiger partial charge in [0.1, 0.15) is 5.75 Å². The van der Waals surface area contributed by atoms with Crippen LogP contribution >= 0.6 is 0 Å². The van der Waals surface area contributed by atoms with Crippen LogP contribution in [0.4, 0.5) is 5.69 Å². The fourth-order valence-electron chi connectivity index (χ4n) is 2.31. The van der Waals surface area contributed by atoms with E-state index >= 15 is 0 Å². The average molecular weight is 291 g/mol. The number of nitrogens with one attached hydrogen (secondary N) is 2. The van der Waals surface area contributed by atoms with Gasteiger partial charge in [-0.2, -0.15) is 0 Å². The van der Waals surface area contributed by atoms with Crippen molar-refractivity contribution in [2.75, 3.05) is 18.5 Å². The molecule has 21 heavy (non-hydrogen) atoms. The lowest BCUT2D eigenvalue weighted by atomic mass is 9.99. The van der Waals surface area contributed by atoms with Crippen molar-refractivity contribution in [1.82, 2.24) is 5.32 Å². The zero-order valence-electron chi connectivity index (χ0n) is 12.1. The molecule has 2 amide bonds. The van der Waals surface area contributed by atoms with Gasteiger partial charge in [-0.3, -0.25) is 9.59 Å². The van der Waals surface area contributed by atoms with Gasteiger partial charge >= 0.3 is 0 Å². The molecule has 1 fully saturated rings. The number of hydrogen-bond acceptors (Lipinski definition) is 4. The summed E-state index contributed by atoms with van der Waals surface area (Å²) in [6.45, 7) is 2.93. The van der Waals surface area contributed by atoms with Crippen molar-refractivity contribution in [1.29, 1.82) is 0 Å². The molecular formula is C15H21N3O3. The topological polar surface area (TPSA) is 93.4 Å². The summed E-state index contributed by atoms with van der Waals surface area (Å²) in [6.07, 6.45) is 1.94. The number of ether oxygens (including phenoxy) is 1. The molecule has 1 aromatic carbocycles. The van der Waals surface area contributed by atoms with Gasteiger partial charge in [-0.15, -0.1) is 0 Å². The maximum Gasteiger partial charge on any atom is 0.244 e. The third-order valence-corrected chi connectivity index (χ3v) is 3.61. The first-order valence-corrected chi connectivity index (χ1v) is 7.08. The number of amides is 2. The summed E-state index contributed by atoms with van der Waals surface area (Å²) in [5, 5.41) is 6.11. The quantitative estimate of drug-likeness (QED) is 0.729. The predicted molar refractivity (Wildman–Crippen MR) is 80.0 cm³/mol. The maximum absolute atomic E-state index is 12.4. The van der Waals surface area contributed by atoms with Crippen LogP contribution in [0.25, 0.3) is 0 Å². The highest BCUT2D eigenvalue weighted by Gasteiger charge is 2.36. The summed E-state index contributed by atoms with van der Waals surface area (Å²) in [6, 6.07) is 7.16. The zero-order valence-corrected chi connectivity index (χ0v) is 12.1. The molecule has 1 heterocycles. The van der Waals surface area contributed by atoms with Crippen LogP contribution in [0.3, 0.4) is 0 Å². The Balaban J connectivity index is 2.02. The third kappa shape index (κ3) is 3.95. The van der Waals surface area contributed by atoms with Crippen LogP contribution in [0, 0.1) is 0 Å². The molecule has 1 aromatic rings. The molecule has 0 aromatic heterocycles. The highest BCUT2D eigenvalue weighted by molar-refractivity contribution is 5.99. The lowest BCUT2D eigenvalue weighted by molar-refractivity contribution is -0.121. The second-order valence-electron chi connectivity index (χ2n) is 5.38. The molecule has 114 valence electrons. The van der Waals surface area contributed by atoms with Gasteiger partial charge in [-0.1, -0.05) is 12.1 Å². The van der Waals surface area contributed by atoms with E-state index in [0.717, 1.165) is 19.4 Å². The first kappa shape index (κ1) is 15.3. The lowest BCUT2D eigenvalue weighted by Crippen LogP contribution is -2.48. The van der Waals surface area contributed by atoms with E-state index in [4.69, 9.17) is 10.5 Å². The molecule has 1 aliphatic rings. The average Bonchev–Trinajstić information content (AvgIpc) is 2.88. The molecule has 0 aliphatic carbocycles. The standard InChI is InChI=1S/C15H21N3O3/c1-15(8-4-9-17-15)14(20)18-11-5-2-3-6-12(11)21-10-7-13(16)19/h2-3,5-6,17H,4,7-10H2,1H3,(H2,16,19)(H,18,20). The minimum absolute atomic E-state index is 0.0778. The Labute approximate surface area is 124 Å². The van der Waals surface area contributed by atoms with Crippen LogP contribution in [0.1, 0.15) is 26.2 Å². The second-order valence-corrected chi connectivity index (χ2v) is 5.38. The number of hydrogen-bond donors (Lipinski definition) is 3. The molecule has 1 aliphatic heterocycles. The van der Waals surface area contributed by atoms with Crippen molar-refractivity contribution >= 4 is 17.5 Å². The third-order valence-electron chi connectivity index (χ3n) is 3.61. The van der Waals surface area contributed by atoms with Crippen molar-refractivity contribution in [3.8, 4) is 5.75 Å². The summed E-state index contributed by atoms with van der Waals surface area (Å²) >= 11 is 0. The van der Waals surface area contributed by atoms with E-state index < -0.39 is 11.4 Å². The maximum atomic E-state index is 12.4. The summed E-state index contributed by atoms with van der Waals surface area (Å²) in [5.41, 5.74) is 5.14. The van der Waals surface area contributed by atoms with Crippen LogP contribution in [-0.4, -0.2) is 30.5 Å². The number of nitrogens with two attached hydrogens (primary N) is 1. The summed E-state index contributed by atoms with van der Waals surface area (Å²) < 4.78 is 5.51. The van der Waals surface area contributed by atoms with E-state index in [1.165, 1.54) is 0 Å². The molecule has 1 saturated heterocycles. The van der Waals surface area contributed by atoms with Gasteiger partial charge in [0, 0.05) is 0 Å². The van der Waals surface area contributed by atoms with Gasteiger partial charge in [0.25, 0.3) is 0 Å².